The minimum absolute atomic E-state index is 0.364. The second-order valence-electron chi connectivity index (χ2n) is 5.24. The minimum Gasteiger partial charge on any atom is -0.457 e. The molecule has 0 fully saturated rings. The predicted octanol–water partition coefficient (Wildman–Crippen LogP) is 2.52. The zero-order chi connectivity index (χ0) is 13.2. The van der Waals surface area contributed by atoms with Gasteiger partial charge in [-0.1, -0.05) is 35.5 Å². The van der Waals surface area contributed by atoms with Gasteiger partial charge < -0.3 is 9.57 Å². The summed E-state index contributed by atoms with van der Waals surface area (Å²) in [6.07, 6.45) is -0.168. The second-order valence-corrected chi connectivity index (χ2v) is 5.24. The Balaban J connectivity index is 1.98. The van der Waals surface area contributed by atoms with Crippen molar-refractivity contribution in [3.05, 3.63) is 35.9 Å². The molecule has 0 amide bonds. The van der Waals surface area contributed by atoms with Crippen LogP contribution in [0.15, 0.2) is 35.5 Å². The highest BCUT2D eigenvalue weighted by molar-refractivity contribution is 6.03. The molecule has 1 aliphatic rings. The maximum atomic E-state index is 11.8. The molecule has 18 heavy (non-hydrogen) atoms. The first-order valence-corrected chi connectivity index (χ1v) is 5.97. The molecule has 0 spiro atoms. The Morgan fingerprint density at radius 3 is 2.61 bits per heavy atom. The molecule has 1 aromatic rings. The number of nitrogens with zero attached hydrogens (tertiary/aromatic N) is 1. The number of carbonyl (C=O) groups is 1. The molecule has 4 nitrogen and oxygen atoms in total. The normalized spacial score (nSPS) is 19.1. The SMILES string of the molecule is CC(C)(C)OC(=O)C1CC(c2ccccc2)=NO1. The van der Waals surface area contributed by atoms with Crippen molar-refractivity contribution in [3.63, 3.8) is 0 Å². The van der Waals surface area contributed by atoms with Crippen LogP contribution in [-0.4, -0.2) is 23.4 Å². The highest BCUT2D eigenvalue weighted by Gasteiger charge is 2.32. The van der Waals surface area contributed by atoms with Crippen LogP contribution in [0.5, 0.6) is 0 Å². The summed E-state index contributed by atoms with van der Waals surface area (Å²) in [5, 5.41) is 3.95. The van der Waals surface area contributed by atoms with E-state index in [-0.39, 0.29) is 5.97 Å². The van der Waals surface area contributed by atoms with Gasteiger partial charge in [0, 0.05) is 6.42 Å². The van der Waals surface area contributed by atoms with Crippen molar-refractivity contribution < 1.29 is 14.4 Å². The molecule has 0 saturated heterocycles. The number of hydrogen-bond donors (Lipinski definition) is 0. The summed E-state index contributed by atoms with van der Waals surface area (Å²) in [6.45, 7) is 5.50. The smallest absolute Gasteiger partial charge is 0.351 e. The van der Waals surface area contributed by atoms with Crippen LogP contribution in [0, 0.1) is 0 Å². The molecule has 1 unspecified atom stereocenters. The molecule has 1 aliphatic heterocycles. The van der Waals surface area contributed by atoms with Gasteiger partial charge in [-0.25, -0.2) is 4.79 Å². The Bertz CT molecular complexity index is 460. The van der Waals surface area contributed by atoms with E-state index in [1.165, 1.54) is 0 Å². The van der Waals surface area contributed by atoms with Crippen molar-refractivity contribution in [2.24, 2.45) is 5.16 Å². The van der Waals surface area contributed by atoms with Gasteiger partial charge in [0.1, 0.15) is 5.60 Å². The quantitative estimate of drug-likeness (QED) is 0.754. The molecule has 96 valence electrons. The molecule has 4 heteroatoms. The van der Waals surface area contributed by atoms with Gasteiger partial charge in [0.25, 0.3) is 0 Å². The number of hydrogen-bond acceptors (Lipinski definition) is 4. The molecule has 1 aromatic carbocycles. The fourth-order valence-electron chi connectivity index (χ4n) is 1.67. The van der Waals surface area contributed by atoms with Crippen molar-refractivity contribution >= 4 is 11.7 Å². The van der Waals surface area contributed by atoms with Crippen LogP contribution in [0.3, 0.4) is 0 Å². The third kappa shape index (κ3) is 3.09. The Labute approximate surface area is 107 Å². The van der Waals surface area contributed by atoms with Crippen LogP contribution in [0.1, 0.15) is 32.8 Å². The van der Waals surface area contributed by atoms with Gasteiger partial charge in [0.2, 0.25) is 6.10 Å². The molecular formula is C14H17NO3. The van der Waals surface area contributed by atoms with Gasteiger partial charge >= 0.3 is 5.97 Å². The Kier molecular flexibility index (Phi) is 3.36. The van der Waals surface area contributed by atoms with E-state index in [9.17, 15) is 4.79 Å². The first-order chi connectivity index (χ1) is 8.46. The molecule has 1 atom stereocenters. The minimum atomic E-state index is -0.626. The van der Waals surface area contributed by atoms with Crippen molar-refractivity contribution in [3.8, 4) is 0 Å². The van der Waals surface area contributed by atoms with E-state index >= 15 is 0 Å². The molecule has 0 aromatic heterocycles. The summed E-state index contributed by atoms with van der Waals surface area (Å²) in [6, 6.07) is 9.68. The van der Waals surface area contributed by atoms with E-state index in [0.29, 0.717) is 6.42 Å². The first-order valence-electron chi connectivity index (χ1n) is 5.97. The number of ether oxygens (including phenoxy) is 1. The number of carbonyl (C=O) groups excluding carboxylic acids is 1. The fourth-order valence-corrected chi connectivity index (χ4v) is 1.67. The van der Waals surface area contributed by atoms with Crippen LogP contribution >= 0.6 is 0 Å². The van der Waals surface area contributed by atoms with E-state index in [4.69, 9.17) is 9.57 Å². The second kappa shape index (κ2) is 4.80. The van der Waals surface area contributed by atoms with Crippen LogP contribution in [0.25, 0.3) is 0 Å². The Morgan fingerprint density at radius 2 is 2.00 bits per heavy atom. The maximum absolute atomic E-state index is 11.8. The van der Waals surface area contributed by atoms with Crippen molar-refractivity contribution in [2.75, 3.05) is 0 Å². The van der Waals surface area contributed by atoms with Gasteiger partial charge in [-0.3, -0.25) is 0 Å². The standard InChI is InChI=1S/C14H17NO3/c1-14(2,3)17-13(16)12-9-11(15-18-12)10-7-5-4-6-8-10/h4-8,12H,9H2,1-3H3. The third-order valence-electron chi connectivity index (χ3n) is 2.45. The molecule has 0 bridgehead atoms. The number of benzene rings is 1. The summed E-state index contributed by atoms with van der Waals surface area (Å²) in [7, 11) is 0. The molecule has 2 rings (SSSR count). The largest absolute Gasteiger partial charge is 0.457 e. The Hall–Kier alpha value is -1.84. The van der Waals surface area contributed by atoms with Gasteiger partial charge in [-0.15, -0.1) is 0 Å². The van der Waals surface area contributed by atoms with E-state index in [0.717, 1.165) is 11.3 Å². The molecule has 0 N–H and O–H groups in total. The van der Waals surface area contributed by atoms with Crippen molar-refractivity contribution in [1.82, 2.24) is 0 Å². The number of rotatable bonds is 2. The van der Waals surface area contributed by atoms with Crippen molar-refractivity contribution in [2.45, 2.75) is 38.9 Å². The fraction of sp³-hybridized carbons (Fsp3) is 0.429. The average molecular weight is 247 g/mol. The molecular weight excluding hydrogens is 230 g/mol. The average Bonchev–Trinajstić information content (AvgIpc) is 2.77. The third-order valence-corrected chi connectivity index (χ3v) is 2.45. The summed E-state index contributed by atoms with van der Waals surface area (Å²) >= 11 is 0. The Morgan fingerprint density at radius 1 is 1.33 bits per heavy atom. The topological polar surface area (TPSA) is 47.9 Å². The zero-order valence-electron chi connectivity index (χ0n) is 10.8. The number of esters is 1. The summed E-state index contributed by atoms with van der Waals surface area (Å²) < 4.78 is 5.27. The lowest BCUT2D eigenvalue weighted by atomic mass is 10.1. The van der Waals surface area contributed by atoms with Gasteiger partial charge in [0.15, 0.2) is 0 Å². The van der Waals surface area contributed by atoms with Crippen LogP contribution < -0.4 is 0 Å². The summed E-state index contributed by atoms with van der Waals surface area (Å²) in [5.41, 5.74) is 1.26. The van der Waals surface area contributed by atoms with E-state index in [1.54, 1.807) is 0 Å². The predicted molar refractivity (Wildman–Crippen MR) is 68.3 cm³/mol. The summed E-state index contributed by atoms with van der Waals surface area (Å²) in [4.78, 5) is 17.0. The van der Waals surface area contributed by atoms with E-state index < -0.39 is 11.7 Å². The zero-order valence-corrected chi connectivity index (χ0v) is 10.8. The lowest BCUT2D eigenvalue weighted by molar-refractivity contribution is -0.166. The van der Waals surface area contributed by atoms with E-state index in [2.05, 4.69) is 5.16 Å². The lowest BCUT2D eigenvalue weighted by Crippen LogP contribution is -2.32. The van der Waals surface area contributed by atoms with Crippen LogP contribution in [0.4, 0.5) is 0 Å². The van der Waals surface area contributed by atoms with Gasteiger partial charge in [-0.05, 0) is 26.3 Å². The molecule has 0 saturated carbocycles. The first kappa shape index (κ1) is 12.6. The highest BCUT2D eigenvalue weighted by atomic mass is 16.7. The van der Waals surface area contributed by atoms with Gasteiger partial charge in [-0.2, -0.15) is 0 Å². The lowest BCUT2D eigenvalue weighted by Gasteiger charge is -2.20. The van der Waals surface area contributed by atoms with Crippen LogP contribution in [-0.2, 0) is 14.4 Å². The summed E-state index contributed by atoms with van der Waals surface area (Å²) in [5.74, 6) is -0.364. The van der Waals surface area contributed by atoms with Gasteiger partial charge in [0.05, 0.1) is 5.71 Å². The van der Waals surface area contributed by atoms with Crippen LogP contribution in [0.2, 0.25) is 0 Å². The molecule has 0 aliphatic carbocycles. The number of oxime groups is 1. The maximum Gasteiger partial charge on any atom is 0.351 e. The van der Waals surface area contributed by atoms with Crippen molar-refractivity contribution in [1.29, 1.82) is 0 Å². The monoisotopic (exact) mass is 247 g/mol. The highest BCUT2D eigenvalue weighted by Crippen LogP contribution is 2.19. The molecule has 1 heterocycles. The van der Waals surface area contributed by atoms with E-state index in [1.807, 2.05) is 51.1 Å². The molecule has 0 radical (unpaired) electrons.